The number of fused-ring (bicyclic) bond motifs is 1. The maximum Gasteiger partial charge on any atom is 0.299 e. The van der Waals surface area contributed by atoms with Gasteiger partial charge in [0.1, 0.15) is 5.82 Å². The molecule has 0 aliphatic carbocycles. The average Bonchev–Trinajstić information content (AvgIpc) is 2.60. The van der Waals surface area contributed by atoms with Crippen LogP contribution in [0.15, 0.2) is 12.1 Å². The molecule has 1 aliphatic rings. The van der Waals surface area contributed by atoms with Gasteiger partial charge in [-0.1, -0.05) is 0 Å². The third-order valence-electron chi connectivity index (χ3n) is 3.08. The zero-order chi connectivity index (χ0) is 14.0. The van der Waals surface area contributed by atoms with Crippen molar-refractivity contribution in [2.45, 2.75) is 26.2 Å². The molecule has 5 heteroatoms. The van der Waals surface area contributed by atoms with Crippen molar-refractivity contribution in [2.75, 3.05) is 11.4 Å². The van der Waals surface area contributed by atoms with Gasteiger partial charge in [0.2, 0.25) is 0 Å². The quantitative estimate of drug-likeness (QED) is 0.616. The van der Waals surface area contributed by atoms with Gasteiger partial charge in [-0.05, 0) is 37.5 Å². The van der Waals surface area contributed by atoms with Gasteiger partial charge in [0.15, 0.2) is 0 Å². The van der Waals surface area contributed by atoms with Crippen LogP contribution in [0.1, 0.15) is 35.2 Å². The van der Waals surface area contributed by atoms with E-state index in [-0.39, 0.29) is 17.8 Å². The van der Waals surface area contributed by atoms with Crippen LogP contribution in [0, 0.1) is 24.1 Å². The molecule has 98 valence electrons. The monoisotopic (exact) mass is 260 g/mol. The topological polar surface area (TPSA) is 61.2 Å². The molecular formula is C14H13FN2O2. The molecule has 1 amide bonds. The van der Waals surface area contributed by atoms with E-state index in [0.29, 0.717) is 24.8 Å². The van der Waals surface area contributed by atoms with Gasteiger partial charge < -0.3 is 4.90 Å². The molecule has 0 saturated heterocycles. The predicted octanol–water partition coefficient (Wildman–Crippen LogP) is 2.36. The van der Waals surface area contributed by atoms with Gasteiger partial charge in [0, 0.05) is 13.0 Å². The van der Waals surface area contributed by atoms with Crippen molar-refractivity contribution in [3.05, 3.63) is 29.1 Å². The Labute approximate surface area is 110 Å². The van der Waals surface area contributed by atoms with Crippen LogP contribution in [-0.2, 0) is 4.79 Å². The summed E-state index contributed by atoms with van der Waals surface area (Å²) in [5.41, 5.74) is 0.837. The van der Waals surface area contributed by atoms with Crippen molar-refractivity contribution < 1.29 is 14.0 Å². The van der Waals surface area contributed by atoms with Crippen molar-refractivity contribution in [1.82, 2.24) is 0 Å². The molecule has 0 unspecified atom stereocenters. The third kappa shape index (κ3) is 2.34. The Hall–Kier alpha value is -2.22. The first-order valence-corrected chi connectivity index (χ1v) is 6.09. The fraction of sp³-hybridized carbons (Fsp3) is 0.357. The number of unbranched alkanes of at least 4 members (excludes halogenated alkanes) is 2. The van der Waals surface area contributed by atoms with Gasteiger partial charge >= 0.3 is 0 Å². The van der Waals surface area contributed by atoms with Crippen LogP contribution in [0.3, 0.4) is 0 Å². The summed E-state index contributed by atoms with van der Waals surface area (Å²) in [4.78, 5) is 24.8. The van der Waals surface area contributed by atoms with Crippen LogP contribution in [0.4, 0.5) is 10.1 Å². The fourth-order valence-electron chi connectivity index (χ4n) is 2.21. The Bertz CT molecular complexity index is 590. The molecular weight excluding hydrogens is 247 g/mol. The van der Waals surface area contributed by atoms with E-state index in [1.807, 2.05) is 6.07 Å². The maximum atomic E-state index is 13.9. The number of halogens is 1. The highest BCUT2D eigenvalue weighted by Gasteiger charge is 2.37. The highest BCUT2D eigenvalue weighted by Crippen LogP contribution is 2.32. The zero-order valence-electron chi connectivity index (χ0n) is 10.6. The summed E-state index contributed by atoms with van der Waals surface area (Å²) in [6.45, 7) is 1.94. The van der Waals surface area contributed by atoms with E-state index in [1.54, 1.807) is 6.92 Å². The molecule has 1 aromatic rings. The number of amides is 1. The lowest BCUT2D eigenvalue weighted by atomic mass is 10.1. The molecule has 0 atom stereocenters. The van der Waals surface area contributed by atoms with E-state index in [2.05, 4.69) is 0 Å². The molecule has 1 aromatic carbocycles. The average molecular weight is 260 g/mol. The number of rotatable bonds is 4. The van der Waals surface area contributed by atoms with Gasteiger partial charge in [-0.2, -0.15) is 5.26 Å². The van der Waals surface area contributed by atoms with Crippen molar-refractivity contribution in [1.29, 1.82) is 5.26 Å². The number of carbonyl (C=O) groups is 2. The molecule has 2 rings (SSSR count). The number of hydrogen-bond acceptors (Lipinski definition) is 3. The molecule has 1 heterocycles. The summed E-state index contributed by atoms with van der Waals surface area (Å²) in [5.74, 6) is -1.89. The fourth-order valence-corrected chi connectivity index (χ4v) is 2.21. The van der Waals surface area contributed by atoms with Crippen molar-refractivity contribution >= 4 is 17.4 Å². The van der Waals surface area contributed by atoms with E-state index in [1.165, 1.54) is 17.0 Å². The summed E-state index contributed by atoms with van der Waals surface area (Å²) in [6.07, 6.45) is 1.58. The van der Waals surface area contributed by atoms with E-state index < -0.39 is 17.5 Å². The standard InChI is InChI=1S/C14H13FN2O2/c1-9-7-10-12(11(15)8-9)17(14(19)13(10)18)6-4-2-3-5-16/h7-8H,2-4,6H2,1H3. The number of aryl methyl sites for hydroxylation is 1. The first-order valence-electron chi connectivity index (χ1n) is 6.09. The second kappa shape index (κ2) is 5.19. The lowest BCUT2D eigenvalue weighted by Gasteiger charge is -2.16. The van der Waals surface area contributed by atoms with Crippen LogP contribution < -0.4 is 4.90 Å². The Balaban J connectivity index is 2.26. The maximum absolute atomic E-state index is 13.9. The normalized spacial score (nSPS) is 13.6. The number of hydrogen-bond donors (Lipinski definition) is 0. The molecule has 0 N–H and O–H groups in total. The summed E-state index contributed by atoms with van der Waals surface area (Å²) in [5, 5.41) is 8.44. The zero-order valence-corrected chi connectivity index (χ0v) is 10.6. The molecule has 0 bridgehead atoms. The molecule has 4 nitrogen and oxygen atoms in total. The lowest BCUT2D eigenvalue weighted by molar-refractivity contribution is -0.114. The minimum atomic E-state index is -0.684. The Morgan fingerprint density at radius 1 is 1.32 bits per heavy atom. The predicted molar refractivity (Wildman–Crippen MR) is 67.3 cm³/mol. The number of Topliss-reactive ketones (excluding diaryl/α,β-unsaturated/α-hetero) is 1. The van der Waals surface area contributed by atoms with Gasteiger partial charge in [-0.25, -0.2) is 4.39 Å². The number of ketones is 1. The molecule has 0 radical (unpaired) electrons. The smallest absolute Gasteiger partial charge is 0.299 e. The molecule has 0 fully saturated rings. The van der Waals surface area contributed by atoms with Crippen LogP contribution in [0.2, 0.25) is 0 Å². The van der Waals surface area contributed by atoms with Gasteiger partial charge in [0.25, 0.3) is 11.7 Å². The molecule has 19 heavy (non-hydrogen) atoms. The van der Waals surface area contributed by atoms with Crippen molar-refractivity contribution in [2.24, 2.45) is 0 Å². The van der Waals surface area contributed by atoms with E-state index in [4.69, 9.17) is 5.26 Å². The largest absolute Gasteiger partial charge is 0.302 e. The second-order valence-corrected chi connectivity index (χ2v) is 4.54. The second-order valence-electron chi connectivity index (χ2n) is 4.54. The van der Waals surface area contributed by atoms with Crippen LogP contribution in [-0.4, -0.2) is 18.2 Å². The number of anilines is 1. The van der Waals surface area contributed by atoms with Gasteiger partial charge in [-0.3, -0.25) is 9.59 Å². The summed E-state index contributed by atoms with van der Waals surface area (Å²) in [6, 6.07) is 4.85. The SMILES string of the molecule is Cc1cc(F)c2c(c1)C(=O)C(=O)N2CCCCC#N. The first kappa shape index (κ1) is 13.2. The lowest BCUT2D eigenvalue weighted by Crippen LogP contribution is -2.31. The van der Waals surface area contributed by atoms with Crippen molar-refractivity contribution in [3.8, 4) is 6.07 Å². The minimum absolute atomic E-state index is 0.0811. The van der Waals surface area contributed by atoms with Crippen molar-refractivity contribution in [3.63, 3.8) is 0 Å². The summed E-state index contributed by atoms with van der Waals surface area (Å²) < 4.78 is 13.9. The Morgan fingerprint density at radius 3 is 2.74 bits per heavy atom. The van der Waals surface area contributed by atoms with Crippen LogP contribution in [0.25, 0.3) is 0 Å². The molecule has 0 saturated carbocycles. The Kier molecular flexibility index (Phi) is 3.61. The van der Waals surface area contributed by atoms with E-state index in [9.17, 15) is 14.0 Å². The Morgan fingerprint density at radius 2 is 2.05 bits per heavy atom. The van der Waals surface area contributed by atoms with Crippen LogP contribution in [0.5, 0.6) is 0 Å². The molecule has 0 aromatic heterocycles. The molecule has 0 spiro atoms. The van der Waals surface area contributed by atoms with E-state index >= 15 is 0 Å². The number of benzene rings is 1. The number of nitrogens with zero attached hydrogens (tertiary/aromatic N) is 2. The third-order valence-corrected chi connectivity index (χ3v) is 3.08. The van der Waals surface area contributed by atoms with Gasteiger partial charge in [-0.15, -0.1) is 0 Å². The summed E-state index contributed by atoms with van der Waals surface area (Å²) in [7, 11) is 0. The minimum Gasteiger partial charge on any atom is -0.302 e. The molecule has 1 aliphatic heterocycles. The van der Waals surface area contributed by atoms with E-state index in [0.717, 1.165) is 0 Å². The number of nitriles is 1. The highest BCUT2D eigenvalue weighted by molar-refractivity contribution is 6.52. The van der Waals surface area contributed by atoms with Crippen LogP contribution >= 0.6 is 0 Å². The number of carbonyl (C=O) groups excluding carboxylic acids is 2. The van der Waals surface area contributed by atoms with Gasteiger partial charge in [0.05, 0.1) is 17.3 Å². The summed E-state index contributed by atoms with van der Waals surface area (Å²) >= 11 is 0. The first-order chi connectivity index (χ1) is 9.06. The highest BCUT2D eigenvalue weighted by atomic mass is 19.1.